The molecule has 0 amide bonds. The first kappa shape index (κ1) is 8.96. The van der Waals surface area contributed by atoms with Gasteiger partial charge in [0.05, 0.1) is 6.61 Å². The molecule has 2 atom stereocenters. The van der Waals surface area contributed by atoms with Crippen molar-refractivity contribution in [3.8, 4) is 0 Å². The van der Waals surface area contributed by atoms with Crippen LogP contribution in [-0.2, 0) is 14.3 Å². The first-order valence-electron chi connectivity index (χ1n) is 3.52. The topological polar surface area (TPSA) is 63.6 Å². The van der Waals surface area contributed by atoms with Gasteiger partial charge < -0.3 is 9.84 Å². The molecule has 1 N–H and O–H groups in total. The molecule has 0 spiro atoms. The highest BCUT2D eigenvalue weighted by molar-refractivity contribution is 5.81. The quantitative estimate of drug-likeness (QED) is 0.630. The van der Waals surface area contributed by atoms with Gasteiger partial charge in [0.2, 0.25) is 5.67 Å². The van der Waals surface area contributed by atoms with E-state index < -0.39 is 23.5 Å². The van der Waals surface area contributed by atoms with Gasteiger partial charge in [-0.25, -0.2) is 9.18 Å². The summed E-state index contributed by atoms with van der Waals surface area (Å²) in [5.74, 6) is -2.66. The van der Waals surface area contributed by atoms with Gasteiger partial charge in [0, 0.05) is 19.3 Å². The van der Waals surface area contributed by atoms with Crippen LogP contribution in [0.15, 0.2) is 0 Å². The van der Waals surface area contributed by atoms with Crippen LogP contribution in [0.2, 0.25) is 0 Å². The largest absolute Gasteiger partial charge is 0.479 e. The van der Waals surface area contributed by atoms with E-state index in [1.54, 1.807) is 0 Å². The fourth-order valence-corrected chi connectivity index (χ4v) is 0.971. The lowest BCUT2D eigenvalue weighted by Gasteiger charge is -2.01. The molecule has 1 fully saturated rings. The minimum atomic E-state index is -2.16. The Morgan fingerprint density at radius 2 is 2.33 bits per heavy atom. The van der Waals surface area contributed by atoms with E-state index in [1.165, 1.54) is 6.92 Å². The molecule has 0 unspecified atom stereocenters. The zero-order valence-corrected chi connectivity index (χ0v) is 6.54. The van der Waals surface area contributed by atoms with Crippen molar-refractivity contribution in [2.45, 2.75) is 19.0 Å². The molecule has 5 heteroatoms. The fourth-order valence-electron chi connectivity index (χ4n) is 0.971. The fraction of sp³-hybridized carbons (Fsp3) is 0.714. The van der Waals surface area contributed by atoms with Gasteiger partial charge >= 0.3 is 11.9 Å². The highest BCUT2D eigenvalue weighted by atomic mass is 19.1. The normalized spacial score (nSPS) is 32.7. The van der Waals surface area contributed by atoms with E-state index in [2.05, 4.69) is 4.74 Å². The summed E-state index contributed by atoms with van der Waals surface area (Å²) in [6.45, 7) is 1.06. The van der Waals surface area contributed by atoms with Crippen LogP contribution in [0.5, 0.6) is 0 Å². The van der Waals surface area contributed by atoms with Gasteiger partial charge in [0.25, 0.3) is 0 Å². The third kappa shape index (κ3) is 1.54. The molecule has 0 radical (unpaired) electrons. The van der Waals surface area contributed by atoms with Crippen LogP contribution < -0.4 is 0 Å². The molecule has 0 aliphatic heterocycles. The van der Waals surface area contributed by atoms with Crippen molar-refractivity contribution in [2.75, 3.05) is 6.61 Å². The van der Waals surface area contributed by atoms with Crippen molar-refractivity contribution in [2.24, 2.45) is 5.92 Å². The lowest BCUT2D eigenvalue weighted by molar-refractivity contribution is -0.148. The number of hydrogen-bond donors (Lipinski definition) is 1. The van der Waals surface area contributed by atoms with Gasteiger partial charge in [-0.1, -0.05) is 0 Å². The van der Waals surface area contributed by atoms with Crippen LogP contribution in [0.25, 0.3) is 0 Å². The molecule has 0 aromatic carbocycles. The molecule has 1 aliphatic rings. The Bertz CT molecular complexity index is 227. The summed E-state index contributed by atoms with van der Waals surface area (Å²) in [4.78, 5) is 20.5. The summed E-state index contributed by atoms with van der Waals surface area (Å²) in [6, 6.07) is 0. The minimum absolute atomic E-state index is 0.0599. The Kier molecular flexibility index (Phi) is 2.04. The number of esters is 1. The Labute approximate surface area is 68.3 Å². The van der Waals surface area contributed by atoms with Crippen molar-refractivity contribution in [3.63, 3.8) is 0 Å². The van der Waals surface area contributed by atoms with E-state index in [9.17, 15) is 14.0 Å². The maximum absolute atomic E-state index is 12.9. The SMILES string of the molecule is CC(=O)OC[C@H]1C[C@]1(F)C(=O)O. The molecule has 1 saturated carbocycles. The van der Waals surface area contributed by atoms with E-state index in [0.717, 1.165) is 0 Å². The van der Waals surface area contributed by atoms with Crippen molar-refractivity contribution >= 4 is 11.9 Å². The molecule has 1 rings (SSSR count). The number of carbonyl (C=O) groups is 2. The number of carboxylic acids is 1. The van der Waals surface area contributed by atoms with Gasteiger partial charge in [-0.05, 0) is 0 Å². The number of hydrogen-bond acceptors (Lipinski definition) is 3. The summed E-state index contributed by atoms with van der Waals surface area (Å²) >= 11 is 0. The summed E-state index contributed by atoms with van der Waals surface area (Å²) in [6.07, 6.45) is -0.0599. The van der Waals surface area contributed by atoms with Crippen LogP contribution in [0, 0.1) is 5.92 Å². The molecule has 0 bridgehead atoms. The summed E-state index contributed by atoms with van der Waals surface area (Å²) in [5.41, 5.74) is -2.16. The number of carboxylic acid groups (broad SMARTS) is 1. The van der Waals surface area contributed by atoms with Crippen LogP contribution in [0.1, 0.15) is 13.3 Å². The van der Waals surface area contributed by atoms with E-state index in [1.807, 2.05) is 0 Å². The predicted octanol–water partition coefficient (Wildman–Crippen LogP) is 0.362. The molecule has 0 saturated heterocycles. The number of ether oxygens (including phenoxy) is 1. The lowest BCUT2D eigenvalue weighted by atomic mass is 10.3. The van der Waals surface area contributed by atoms with Crippen molar-refractivity contribution in [1.29, 1.82) is 0 Å². The number of carbonyl (C=O) groups excluding carboxylic acids is 1. The summed E-state index contributed by atoms with van der Waals surface area (Å²) in [5, 5.41) is 8.33. The molecule has 0 aromatic rings. The Morgan fingerprint density at radius 3 is 2.67 bits per heavy atom. The molecule has 4 nitrogen and oxygen atoms in total. The monoisotopic (exact) mass is 176 g/mol. The zero-order chi connectivity index (χ0) is 9.35. The average Bonchev–Trinajstić information content (AvgIpc) is 2.59. The van der Waals surface area contributed by atoms with Gasteiger partial charge in [-0.2, -0.15) is 0 Å². The first-order chi connectivity index (χ1) is 5.47. The van der Waals surface area contributed by atoms with Gasteiger partial charge in [0.15, 0.2) is 0 Å². The predicted molar refractivity (Wildman–Crippen MR) is 36.2 cm³/mol. The van der Waals surface area contributed by atoms with Crippen LogP contribution in [0.3, 0.4) is 0 Å². The molecular formula is C7H9FO4. The maximum atomic E-state index is 12.9. The Hall–Kier alpha value is -1.13. The van der Waals surface area contributed by atoms with Crippen molar-refractivity contribution in [1.82, 2.24) is 0 Å². The smallest absolute Gasteiger partial charge is 0.341 e. The highest BCUT2D eigenvalue weighted by Crippen LogP contribution is 2.47. The van der Waals surface area contributed by atoms with Crippen molar-refractivity contribution < 1.29 is 23.8 Å². The molecule has 0 heterocycles. The second kappa shape index (κ2) is 2.73. The summed E-state index contributed by atoms with van der Waals surface area (Å²) < 4.78 is 17.4. The second-order valence-electron chi connectivity index (χ2n) is 2.87. The molecule has 68 valence electrons. The summed E-state index contributed by atoms with van der Waals surface area (Å²) in [7, 11) is 0. The average molecular weight is 176 g/mol. The standard InChI is InChI=1S/C7H9FO4/c1-4(9)12-3-5-2-7(5,8)6(10)11/h5H,2-3H2,1H3,(H,10,11)/t5-,7-/m1/s1. The van der Waals surface area contributed by atoms with Gasteiger partial charge in [-0.3, -0.25) is 4.79 Å². The zero-order valence-electron chi connectivity index (χ0n) is 6.54. The van der Waals surface area contributed by atoms with Gasteiger partial charge in [0.1, 0.15) is 0 Å². The Morgan fingerprint density at radius 1 is 1.75 bits per heavy atom. The van der Waals surface area contributed by atoms with E-state index in [0.29, 0.717) is 0 Å². The minimum Gasteiger partial charge on any atom is -0.479 e. The molecule has 1 aliphatic carbocycles. The third-order valence-electron chi connectivity index (χ3n) is 1.87. The lowest BCUT2D eigenvalue weighted by Crippen LogP contribution is -2.21. The molecular weight excluding hydrogens is 167 g/mol. The number of rotatable bonds is 3. The number of aliphatic carboxylic acids is 1. The molecule has 12 heavy (non-hydrogen) atoms. The van der Waals surface area contributed by atoms with Crippen LogP contribution in [0.4, 0.5) is 4.39 Å². The van der Waals surface area contributed by atoms with Crippen molar-refractivity contribution in [3.05, 3.63) is 0 Å². The first-order valence-corrected chi connectivity index (χ1v) is 3.52. The molecule has 0 aromatic heterocycles. The van der Waals surface area contributed by atoms with E-state index in [4.69, 9.17) is 5.11 Å². The third-order valence-corrected chi connectivity index (χ3v) is 1.87. The van der Waals surface area contributed by atoms with E-state index >= 15 is 0 Å². The van der Waals surface area contributed by atoms with Gasteiger partial charge in [-0.15, -0.1) is 0 Å². The highest BCUT2D eigenvalue weighted by Gasteiger charge is 2.62. The maximum Gasteiger partial charge on any atom is 0.341 e. The van der Waals surface area contributed by atoms with Crippen LogP contribution in [-0.4, -0.2) is 29.3 Å². The second-order valence-corrected chi connectivity index (χ2v) is 2.87. The van der Waals surface area contributed by atoms with Crippen LogP contribution >= 0.6 is 0 Å². The number of alkyl halides is 1. The number of halogens is 1. The Balaban J connectivity index is 2.32. The van der Waals surface area contributed by atoms with E-state index in [-0.39, 0.29) is 13.0 Å².